The van der Waals surface area contributed by atoms with Crippen LogP contribution in [-0.2, 0) is 6.61 Å². The molecule has 0 atom stereocenters. The standard InChI is InChI=1S/C9H9N3O/c13-7-8-5-11-12(6-8)9-3-1-2-4-10-9/h1-6,13H,7H2. The van der Waals surface area contributed by atoms with Crippen molar-refractivity contribution in [2.24, 2.45) is 0 Å². The summed E-state index contributed by atoms with van der Waals surface area (Å²) in [6.07, 6.45) is 5.08. The van der Waals surface area contributed by atoms with E-state index < -0.39 is 0 Å². The number of hydrogen-bond acceptors (Lipinski definition) is 3. The van der Waals surface area contributed by atoms with Crippen molar-refractivity contribution in [1.29, 1.82) is 0 Å². The maximum atomic E-state index is 8.82. The van der Waals surface area contributed by atoms with Crippen molar-refractivity contribution in [3.63, 3.8) is 0 Å². The summed E-state index contributed by atoms with van der Waals surface area (Å²) in [7, 11) is 0. The zero-order valence-corrected chi connectivity index (χ0v) is 6.96. The third kappa shape index (κ3) is 1.57. The molecule has 66 valence electrons. The van der Waals surface area contributed by atoms with E-state index in [1.54, 1.807) is 23.3 Å². The summed E-state index contributed by atoms with van der Waals surface area (Å²) in [5.41, 5.74) is 0.783. The molecule has 4 heteroatoms. The van der Waals surface area contributed by atoms with E-state index in [1.807, 2.05) is 18.2 Å². The molecule has 0 saturated heterocycles. The van der Waals surface area contributed by atoms with Gasteiger partial charge in [0.25, 0.3) is 0 Å². The number of aliphatic hydroxyl groups is 1. The monoisotopic (exact) mass is 175 g/mol. The molecule has 0 fully saturated rings. The third-order valence-corrected chi connectivity index (χ3v) is 1.70. The Kier molecular flexibility index (Phi) is 2.06. The van der Waals surface area contributed by atoms with Crippen LogP contribution < -0.4 is 0 Å². The summed E-state index contributed by atoms with van der Waals surface area (Å²) in [6.45, 7) is 0.00678. The Bertz CT molecular complexity index is 383. The Morgan fingerprint density at radius 1 is 1.38 bits per heavy atom. The van der Waals surface area contributed by atoms with Crippen LogP contribution in [0.25, 0.3) is 5.82 Å². The molecule has 0 spiro atoms. The maximum absolute atomic E-state index is 8.82. The van der Waals surface area contributed by atoms with Crippen LogP contribution in [0.2, 0.25) is 0 Å². The molecule has 0 aliphatic rings. The fourth-order valence-electron chi connectivity index (χ4n) is 1.06. The van der Waals surface area contributed by atoms with Gasteiger partial charge in [0.2, 0.25) is 0 Å². The zero-order chi connectivity index (χ0) is 9.10. The van der Waals surface area contributed by atoms with Gasteiger partial charge in [0.1, 0.15) is 0 Å². The first-order valence-electron chi connectivity index (χ1n) is 3.96. The first-order valence-corrected chi connectivity index (χ1v) is 3.96. The van der Waals surface area contributed by atoms with Gasteiger partial charge in [0.15, 0.2) is 5.82 Å². The average Bonchev–Trinajstić information content (AvgIpc) is 2.67. The molecule has 2 heterocycles. The van der Waals surface area contributed by atoms with E-state index >= 15 is 0 Å². The fourth-order valence-corrected chi connectivity index (χ4v) is 1.06. The molecule has 0 unspecified atom stereocenters. The normalized spacial score (nSPS) is 10.2. The van der Waals surface area contributed by atoms with Crippen LogP contribution >= 0.6 is 0 Å². The summed E-state index contributed by atoms with van der Waals surface area (Å²) >= 11 is 0. The van der Waals surface area contributed by atoms with Gasteiger partial charge in [-0.3, -0.25) is 0 Å². The lowest BCUT2D eigenvalue weighted by molar-refractivity contribution is 0.282. The van der Waals surface area contributed by atoms with Gasteiger partial charge in [-0.15, -0.1) is 0 Å². The van der Waals surface area contributed by atoms with Crippen LogP contribution in [0.4, 0.5) is 0 Å². The molecule has 0 bridgehead atoms. The Morgan fingerprint density at radius 3 is 2.92 bits per heavy atom. The Balaban J connectivity index is 2.36. The van der Waals surface area contributed by atoms with Crippen LogP contribution in [0.15, 0.2) is 36.8 Å². The topological polar surface area (TPSA) is 50.9 Å². The highest BCUT2D eigenvalue weighted by atomic mass is 16.3. The number of aliphatic hydroxyl groups excluding tert-OH is 1. The first kappa shape index (κ1) is 7.94. The number of rotatable bonds is 2. The largest absolute Gasteiger partial charge is 0.392 e. The lowest BCUT2D eigenvalue weighted by Crippen LogP contribution is -1.96. The quantitative estimate of drug-likeness (QED) is 0.733. The first-order chi connectivity index (χ1) is 6.40. The van der Waals surface area contributed by atoms with E-state index in [0.717, 1.165) is 11.4 Å². The highest BCUT2D eigenvalue weighted by Crippen LogP contribution is 2.03. The van der Waals surface area contributed by atoms with E-state index in [9.17, 15) is 0 Å². The molecule has 1 N–H and O–H groups in total. The number of hydrogen-bond donors (Lipinski definition) is 1. The van der Waals surface area contributed by atoms with Gasteiger partial charge < -0.3 is 5.11 Å². The molecule has 0 radical (unpaired) electrons. The smallest absolute Gasteiger partial charge is 0.153 e. The van der Waals surface area contributed by atoms with Crippen molar-refractivity contribution in [2.75, 3.05) is 0 Å². The minimum atomic E-state index is 0.00678. The van der Waals surface area contributed by atoms with Crippen LogP contribution in [0.3, 0.4) is 0 Å². The van der Waals surface area contributed by atoms with Crippen molar-refractivity contribution >= 4 is 0 Å². The van der Waals surface area contributed by atoms with Crippen LogP contribution in [0.5, 0.6) is 0 Å². The van der Waals surface area contributed by atoms with E-state index in [-0.39, 0.29) is 6.61 Å². The van der Waals surface area contributed by atoms with E-state index in [2.05, 4.69) is 10.1 Å². The van der Waals surface area contributed by atoms with Gasteiger partial charge in [-0.2, -0.15) is 5.10 Å². The lowest BCUT2D eigenvalue weighted by Gasteiger charge is -1.96. The molecule has 0 aliphatic carbocycles. The van der Waals surface area contributed by atoms with Gasteiger partial charge in [-0.25, -0.2) is 9.67 Å². The minimum Gasteiger partial charge on any atom is -0.392 e. The second-order valence-corrected chi connectivity index (χ2v) is 2.64. The molecular formula is C9H9N3O. The third-order valence-electron chi connectivity index (χ3n) is 1.70. The Morgan fingerprint density at radius 2 is 2.31 bits per heavy atom. The molecule has 0 amide bonds. The average molecular weight is 175 g/mol. The van der Waals surface area contributed by atoms with Gasteiger partial charge in [0, 0.05) is 18.0 Å². The summed E-state index contributed by atoms with van der Waals surface area (Å²) in [4.78, 5) is 4.12. The molecule has 0 saturated carbocycles. The highest BCUT2D eigenvalue weighted by molar-refractivity contribution is 5.21. The second kappa shape index (κ2) is 3.37. The van der Waals surface area contributed by atoms with Gasteiger partial charge in [0.05, 0.1) is 12.8 Å². The fraction of sp³-hybridized carbons (Fsp3) is 0.111. The zero-order valence-electron chi connectivity index (χ0n) is 6.96. The molecule has 13 heavy (non-hydrogen) atoms. The summed E-state index contributed by atoms with van der Waals surface area (Å²) in [5.74, 6) is 0.752. The Labute approximate surface area is 75.5 Å². The number of pyridine rings is 1. The molecule has 2 rings (SSSR count). The lowest BCUT2D eigenvalue weighted by atomic mass is 10.4. The second-order valence-electron chi connectivity index (χ2n) is 2.64. The molecule has 0 aromatic carbocycles. The Hall–Kier alpha value is -1.68. The van der Waals surface area contributed by atoms with E-state index in [4.69, 9.17) is 5.11 Å². The minimum absolute atomic E-state index is 0.00678. The molecule has 2 aromatic rings. The van der Waals surface area contributed by atoms with Crippen LogP contribution in [0, 0.1) is 0 Å². The molecule has 2 aromatic heterocycles. The van der Waals surface area contributed by atoms with Crippen molar-refractivity contribution in [3.05, 3.63) is 42.4 Å². The van der Waals surface area contributed by atoms with Crippen LogP contribution in [-0.4, -0.2) is 19.9 Å². The van der Waals surface area contributed by atoms with Crippen LogP contribution in [0.1, 0.15) is 5.56 Å². The van der Waals surface area contributed by atoms with Crippen molar-refractivity contribution in [2.45, 2.75) is 6.61 Å². The summed E-state index contributed by atoms with van der Waals surface area (Å²) < 4.78 is 1.63. The van der Waals surface area contributed by atoms with E-state index in [0.29, 0.717) is 0 Å². The van der Waals surface area contributed by atoms with Gasteiger partial charge >= 0.3 is 0 Å². The number of aromatic nitrogens is 3. The van der Waals surface area contributed by atoms with Crippen molar-refractivity contribution in [1.82, 2.24) is 14.8 Å². The van der Waals surface area contributed by atoms with E-state index in [1.165, 1.54) is 0 Å². The number of nitrogens with zero attached hydrogens (tertiary/aromatic N) is 3. The predicted molar refractivity (Wildman–Crippen MR) is 47.3 cm³/mol. The molecule has 4 nitrogen and oxygen atoms in total. The van der Waals surface area contributed by atoms with Gasteiger partial charge in [-0.1, -0.05) is 6.07 Å². The maximum Gasteiger partial charge on any atom is 0.153 e. The summed E-state index contributed by atoms with van der Waals surface area (Å²) in [6, 6.07) is 5.59. The van der Waals surface area contributed by atoms with Gasteiger partial charge in [-0.05, 0) is 12.1 Å². The molecule has 0 aliphatic heterocycles. The highest BCUT2D eigenvalue weighted by Gasteiger charge is 1.98. The van der Waals surface area contributed by atoms with Crippen molar-refractivity contribution < 1.29 is 5.11 Å². The SMILES string of the molecule is OCc1cnn(-c2ccccn2)c1. The van der Waals surface area contributed by atoms with Crippen molar-refractivity contribution in [3.8, 4) is 5.82 Å². The molecular weight excluding hydrogens is 166 g/mol. The summed E-state index contributed by atoms with van der Waals surface area (Å²) in [5, 5.41) is 12.9. The predicted octanol–water partition coefficient (Wildman–Crippen LogP) is 0.760.